The van der Waals surface area contributed by atoms with Gasteiger partial charge in [0.05, 0.1) is 29.3 Å². The van der Waals surface area contributed by atoms with E-state index >= 15 is 0 Å². The van der Waals surface area contributed by atoms with Gasteiger partial charge in [-0.05, 0) is 49.1 Å². The van der Waals surface area contributed by atoms with Crippen LogP contribution in [0.4, 0.5) is 34.6 Å². The third-order valence-electron chi connectivity index (χ3n) is 7.90. The Bertz CT molecular complexity index is 1440. The number of hydrogen-bond acceptors (Lipinski definition) is 6. The van der Waals surface area contributed by atoms with Crippen molar-refractivity contribution in [1.29, 1.82) is 0 Å². The van der Waals surface area contributed by atoms with E-state index in [0.29, 0.717) is 12.1 Å². The maximum Gasteiger partial charge on any atom is 0.274 e. The molecule has 1 aromatic carbocycles. The first-order valence-electron chi connectivity index (χ1n) is 12.5. The van der Waals surface area contributed by atoms with Gasteiger partial charge in [-0.15, -0.1) is 0 Å². The number of anilines is 3. The maximum atomic E-state index is 13.6. The van der Waals surface area contributed by atoms with Gasteiger partial charge >= 0.3 is 0 Å². The number of fused-ring (bicyclic) bond motifs is 1. The summed E-state index contributed by atoms with van der Waals surface area (Å²) in [6, 6.07) is 6.26. The zero-order chi connectivity index (χ0) is 28.2. The Morgan fingerprint density at radius 3 is 2.56 bits per heavy atom. The van der Waals surface area contributed by atoms with Crippen LogP contribution < -0.4 is 20.5 Å². The van der Waals surface area contributed by atoms with Crippen molar-refractivity contribution >= 4 is 33.0 Å². The lowest BCUT2D eigenvalue weighted by molar-refractivity contribution is -0.104. The monoisotopic (exact) mass is 572 g/mol. The number of nitrogens with zero attached hydrogens (tertiary/aromatic N) is 2. The Morgan fingerprint density at radius 2 is 1.92 bits per heavy atom. The van der Waals surface area contributed by atoms with Crippen molar-refractivity contribution in [2.24, 2.45) is 11.3 Å². The minimum Gasteiger partial charge on any atom is -0.395 e. The highest BCUT2D eigenvalue weighted by Crippen LogP contribution is 2.61. The third-order valence-corrected chi connectivity index (χ3v) is 9.17. The van der Waals surface area contributed by atoms with Gasteiger partial charge in [-0.2, -0.15) is 0 Å². The number of rotatable bonds is 9. The lowest BCUT2D eigenvalue weighted by Gasteiger charge is -2.36. The molecular weight excluding hydrogens is 544 g/mol. The summed E-state index contributed by atoms with van der Waals surface area (Å²) in [4.78, 5) is 28.0. The van der Waals surface area contributed by atoms with Crippen LogP contribution in [0.15, 0.2) is 41.3 Å². The number of aromatic nitrogens is 1. The summed E-state index contributed by atoms with van der Waals surface area (Å²) in [6.45, 7) is -0.146. The minimum absolute atomic E-state index is 0.0790. The molecule has 1 amide bonds. The SMILES string of the molecule is O=C(Nc1cccn(C2CC(F)(F)C2)c1=O)c1ccc(NS(=O)(=O)CCO)cc1N1CC[C@]2(C(F)F)C[C@@H]2C1. The van der Waals surface area contributed by atoms with Gasteiger partial charge in [0.1, 0.15) is 5.69 Å². The van der Waals surface area contributed by atoms with E-state index in [1.54, 1.807) is 4.90 Å². The van der Waals surface area contributed by atoms with Crippen LogP contribution in [0.1, 0.15) is 42.1 Å². The highest BCUT2D eigenvalue weighted by molar-refractivity contribution is 7.92. The fraction of sp³-hybridized carbons (Fsp3) is 0.520. The van der Waals surface area contributed by atoms with Crippen LogP contribution in [0.3, 0.4) is 0 Å². The Hall–Kier alpha value is -3.13. The number of carbonyl (C=O) groups is 1. The summed E-state index contributed by atoms with van der Waals surface area (Å²) < 4.78 is 81.8. The first-order valence-corrected chi connectivity index (χ1v) is 14.2. The second-order valence-electron chi connectivity index (χ2n) is 10.5. The van der Waals surface area contributed by atoms with Gasteiger partial charge in [0.15, 0.2) is 0 Å². The number of sulfonamides is 1. The molecule has 2 aliphatic carbocycles. The van der Waals surface area contributed by atoms with Crippen LogP contribution in [-0.2, 0) is 10.0 Å². The van der Waals surface area contributed by atoms with Crippen molar-refractivity contribution in [2.75, 3.05) is 40.4 Å². The van der Waals surface area contributed by atoms with E-state index < -0.39 is 70.5 Å². The molecule has 0 bridgehead atoms. The molecule has 14 heteroatoms. The number of alkyl halides is 4. The smallest absolute Gasteiger partial charge is 0.274 e. The van der Waals surface area contributed by atoms with Crippen LogP contribution in [0.5, 0.6) is 0 Å². The maximum absolute atomic E-state index is 13.6. The quantitative estimate of drug-likeness (QED) is 0.397. The van der Waals surface area contributed by atoms with E-state index in [4.69, 9.17) is 5.11 Å². The van der Waals surface area contributed by atoms with Crippen molar-refractivity contribution in [3.05, 3.63) is 52.4 Å². The lowest BCUT2D eigenvalue weighted by atomic mass is 9.88. The molecule has 39 heavy (non-hydrogen) atoms. The molecule has 212 valence electrons. The van der Waals surface area contributed by atoms with Gasteiger partial charge in [0, 0.05) is 43.6 Å². The number of pyridine rings is 1. The number of halogens is 4. The normalized spacial score (nSPS) is 24.2. The number of piperidine rings is 1. The molecule has 0 unspecified atom stereocenters. The van der Waals surface area contributed by atoms with E-state index in [0.717, 1.165) is 4.57 Å². The molecule has 3 aliphatic rings. The first-order chi connectivity index (χ1) is 18.3. The molecule has 2 heterocycles. The first kappa shape index (κ1) is 27.4. The van der Waals surface area contributed by atoms with E-state index in [1.807, 2.05) is 0 Å². The number of nitrogens with one attached hydrogen (secondary N) is 2. The summed E-state index contributed by atoms with van der Waals surface area (Å²) in [5, 5.41) is 11.5. The molecule has 2 aromatic rings. The highest BCUT2D eigenvalue weighted by atomic mass is 32.2. The lowest BCUT2D eigenvalue weighted by Crippen LogP contribution is -2.41. The number of amides is 1. The molecule has 2 saturated carbocycles. The van der Waals surface area contributed by atoms with Gasteiger partial charge in [-0.25, -0.2) is 26.0 Å². The second kappa shape index (κ2) is 9.81. The van der Waals surface area contributed by atoms with E-state index in [2.05, 4.69) is 10.0 Å². The van der Waals surface area contributed by atoms with Gasteiger partial charge in [0.2, 0.25) is 16.4 Å². The summed E-state index contributed by atoms with van der Waals surface area (Å²) in [6.07, 6.45) is -1.46. The fourth-order valence-corrected chi connectivity index (χ4v) is 6.38. The van der Waals surface area contributed by atoms with Gasteiger partial charge < -0.3 is 19.9 Å². The Kier molecular flexibility index (Phi) is 6.90. The van der Waals surface area contributed by atoms with Crippen molar-refractivity contribution in [3.8, 4) is 0 Å². The summed E-state index contributed by atoms with van der Waals surface area (Å²) in [5.74, 6) is -4.36. The van der Waals surface area contributed by atoms with Crippen molar-refractivity contribution in [1.82, 2.24) is 4.57 Å². The molecule has 0 spiro atoms. The van der Waals surface area contributed by atoms with Gasteiger partial charge in [-0.1, -0.05) is 0 Å². The topological polar surface area (TPSA) is 121 Å². The standard InChI is InChI=1S/C25H28F4N4O5S/c26-23(27)24-5-7-32(14-15(24)11-24)20-10-16(31-39(37,38)9-8-34)3-4-18(20)21(35)30-19-2-1-6-33(22(19)36)17-12-25(28,29)13-17/h1-4,6,10,15,17,23,31,34H,5,7-9,11-14H2,(H,30,35)/t15-,24+/m1/s1. The summed E-state index contributed by atoms with van der Waals surface area (Å²) >= 11 is 0. The molecular formula is C25H28F4N4O5S. The molecule has 3 fully saturated rings. The number of carbonyl (C=O) groups excluding carboxylic acids is 1. The zero-order valence-electron chi connectivity index (χ0n) is 20.7. The molecule has 3 N–H and O–H groups in total. The summed E-state index contributed by atoms with van der Waals surface area (Å²) in [5.41, 5.74) is -1.30. The molecule has 9 nitrogen and oxygen atoms in total. The number of benzene rings is 1. The van der Waals surface area contributed by atoms with Crippen LogP contribution in [-0.4, -0.2) is 61.8 Å². The number of hydrogen-bond donors (Lipinski definition) is 3. The van der Waals surface area contributed by atoms with Gasteiger partial charge in [-0.3, -0.25) is 14.3 Å². The van der Waals surface area contributed by atoms with Crippen LogP contribution in [0.25, 0.3) is 0 Å². The molecule has 1 aliphatic heterocycles. The van der Waals surface area contributed by atoms with Crippen LogP contribution in [0.2, 0.25) is 0 Å². The molecule has 1 saturated heterocycles. The predicted molar refractivity (Wildman–Crippen MR) is 136 cm³/mol. The van der Waals surface area contributed by atoms with E-state index in [1.165, 1.54) is 36.5 Å². The predicted octanol–water partition coefficient (Wildman–Crippen LogP) is 3.29. The Morgan fingerprint density at radius 1 is 1.18 bits per heavy atom. The molecule has 0 radical (unpaired) electrons. The van der Waals surface area contributed by atoms with Crippen molar-refractivity contribution < 1.29 is 35.9 Å². The zero-order valence-corrected chi connectivity index (χ0v) is 21.6. The number of aliphatic hydroxyl groups excluding tert-OH is 1. The average molecular weight is 573 g/mol. The molecule has 1 aromatic heterocycles. The Balaban J connectivity index is 1.42. The van der Waals surface area contributed by atoms with Crippen molar-refractivity contribution in [2.45, 2.75) is 44.1 Å². The van der Waals surface area contributed by atoms with E-state index in [-0.39, 0.29) is 42.4 Å². The van der Waals surface area contributed by atoms with Crippen LogP contribution in [0, 0.1) is 11.3 Å². The minimum atomic E-state index is -3.88. The van der Waals surface area contributed by atoms with E-state index in [9.17, 15) is 35.6 Å². The summed E-state index contributed by atoms with van der Waals surface area (Å²) in [7, 11) is -3.88. The highest BCUT2D eigenvalue weighted by Gasteiger charge is 2.62. The number of aliphatic hydroxyl groups is 1. The fourth-order valence-electron chi connectivity index (χ4n) is 5.56. The molecule has 5 rings (SSSR count). The van der Waals surface area contributed by atoms with Gasteiger partial charge in [0.25, 0.3) is 17.4 Å². The van der Waals surface area contributed by atoms with Crippen LogP contribution >= 0.6 is 0 Å². The molecule has 2 atom stereocenters. The average Bonchev–Trinajstić information content (AvgIpc) is 3.59. The Labute approximate surface area is 221 Å². The third kappa shape index (κ3) is 5.36. The second-order valence-corrected chi connectivity index (χ2v) is 12.4. The van der Waals surface area contributed by atoms with Crippen molar-refractivity contribution in [3.63, 3.8) is 0 Å². The largest absolute Gasteiger partial charge is 0.395 e.